The minimum atomic E-state index is -0.556. The summed E-state index contributed by atoms with van der Waals surface area (Å²) in [4.78, 5) is 12.1. The summed E-state index contributed by atoms with van der Waals surface area (Å²) in [5, 5.41) is 12.1. The quantitative estimate of drug-likeness (QED) is 0.857. The molecule has 2 aliphatic heterocycles. The van der Waals surface area contributed by atoms with Crippen molar-refractivity contribution in [3.05, 3.63) is 22.8 Å². The number of nitrogens with one attached hydrogen (secondary N) is 1. The van der Waals surface area contributed by atoms with Gasteiger partial charge in [0.05, 0.1) is 17.7 Å². The zero-order chi connectivity index (χ0) is 13.8. The normalized spacial score (nSPS) is 22.7. The van der Waals surface area contributed by atoms with E-state index < -0.39 is 5.41 Å². The third-order valence-electron chi connectivity index (χ3n) is 4.28. The number of aliphatic hydroxyl groups excluding tert-OH is 1. The Labute approximate surface area is 112 Å². The smallest absolute Gasteiger partial charge is 0.234 e. The summed E-state index contributed by atoms with van der Waals surface area (Å²) in [5.41, 5.74) is 3.53. The zero-order valence-corrected chi connectivity index (χ0v) is 11.5. The highest BCUT2D eigenvalue weighted by atomic mass is 16.5. The lowest BCUT2D eigenvalue weighted by atomic mass is 9.82. The Hall–Kier alpha value is -1.55. The molecule has 2 aliphatic rings. The molecule has 0 aliphatic carbocycles. The Morgan fingerprint density at radius 2 is 2.26 bits per heavy atom. The number of fused-ring (bicyclic) bond motifs is 3. The van der Waals surface area contributed by atoms with Crippen LogP contribution in [0.25, 0.3) is 0 Å². The van der Waals surface area contributed by atoms with Crippen LogP contribution in [0.1, 0.15) is 42.9 Å². The standard InChI is InChI=1S/C15H19NO3/c1-8-6-10-9(4-5-17)7-19-13(10)11-12(8)16-14(18)15(11,2)3/h6,9,17H,4-5,7H2,1-3H3,(H,16,18). The van der Waals surface area contributed by atoms with Crippen molar-refractivity contribution in [2.45, 2.75) is 38.5 Å². The maximum absolute atomic E-state index is 12.1. The monoisotopic (exact) mass is 261 g/mol. The fraction of sp³-hybridized carbons (Fsp3) is 0.533. The summed E-state index contributed by atoms with van der Waals surface area (Å²) < 4.78 is 5.84. The van der Waals surface area contributed by atoms with Gasteiger partial charge in [-0.1, -0.05) is 0 Å². The fourth-order valence-electron chi connectivity index (χ4n) is 3.09. The molecule has 2 N–H and O–H groups in total. The predicted octanol–water partition coefficient (Wildman–Crippen LogP) is 2.08. The number of anilines is 1. The number of hydrogen-bond donors (Lipinski definition) is 2. The van der Waals surface area contributed by atoms with Gasteiger partial charge < -0.3 is 15.2 Å². The topological polar surface area (TPSA) is 58.6 Å². The highest BCUT2D eigenvalue weighted by Gasteiger charge is 2.44. The van der Waals surface area contributed by atoms with Gasteiger partial charge >= 0.3 is 0 Å². The van der Waals surface area contributed by atoms with Crippen molar-refractivity contribution in [2.24, 2.45) is 0 Å². The number of rotatable bonds is 2. The van der Waals surface area contributed by atoms with Crippen molar-refractivity contribution >= 4 is 11.6 Å². The average Bonchev–Trinajstić information content (AvgIpc) is 2.82. The van der Waals surface area contributed by atoms with Crippen molar-refractivity contribution in [1.29, 1.82) is 0 Å². The van der Waals surface area contributed by atoms with Crippen molar-refractivity contribution in [1.82, 2.24) is 0 Å². The first kappa shape index (κ1) is 12.5. The molecule has 1 atom stereocenters. The van der Waals surface area contributed by atoms with Gasteiger partial charge in [-0.05, 0) is 38.8 Å². The first-order valence-corrected chi connectivity index (χ1v) is 6.70. The number of amides is 1. The second-order valence-electron chi connectivity index (χ2n) is 5.96. The predicted molar refractivity (Wildman–Crippen MR) is 72.8 cm³/mol. The Morgan fingerprint density at radius 1 is 1.53 bits per heavy atom. The molecule has 4 heteroatoms. The minimum absolute atomic E-state index is 0.0215. The Morgan fingerprint density at radius 3 is 2.95 bits per heavy atom. The summed E-state index contributed by atoms with van der Waals surface area (Å²) in [6.45, 7) is 6.61. The van der Waals surface area contributed by atoms with E-state index in [4.69, 9.17) is 9.84 Å². The molecule has 19 heavy (non-hydrogen) atoms. The number of aliphatic hydroxyl groups is 1. The van der Waals surface area contributed by atoms with Gasteiger partial charge in [-0.3, -0.25) is 4.79 Å². The Kier molecular flexibility index (Phi) is 2.61. The van der Waals surface area contributed by atoms with Crippen LogP contribution in [0, 0.1) is 6.92 Å². The van der Waals surface area contributed by atoms with Gasteiger partial charge in [-0.25, -0.2) is 0 Å². The van der Waals surface area contributed by atoms with Crippen LogP contribution in [-0.2, 0) is 10.2 Å². The first-order chi connectivity index (χ1) is 8.96. The number of benzene rings is 1. The molecule has 0 saturated heterocycles. The van der Waals surface area contributed by atoms with Crippen molar-refractivity contribution in [3.63, 3.8) is 0 Å². The molecule has 1 aromatic carbocycles. The third-order valence-corrected chi connectivity index (χ3v) is 4.28. The largest absolute Gasteiger partial charge is 0.492 e. The highest BCUT2D eigenvalue weighted by Crippen LogP contribution is 2.51. The molecule has 0 spiro atoms. The van der Waals surface area contributed by atoms with Gasteiger partial charge in [-0.2, -0.15) is 0 Å². The molecule has 4 nitrogen and oxygen atoms in total. The number of aryl methyl sites for hydroxylation is 1. The lowest BCUT2D eigenvalue weighted by Gasteiger charge is -2.19. The van der Waals surface area contributed by atoms with Crippen LogP contribution in [0.5, 0.6) is 5.75 Å². The van der Waals surface area contributed by atoms with E-state index in [0.29, 0.717) is 13.0 Å². The van der Waals surface area contributed by atoms with Crippen LogP contribution in [0.15, 0.2) is 6.07 Å². The van der Waals surface area contributed by atoms with Gasteiger partial charge in [0.15, 0.2) is 0 Å². The van der Waals surface area contributed by atoms with E-state index in [1.165, 1.54) is 0 Å². The van der Waals surface area contributed by atoms with E-state index >= 15 is 0 Å². The Balaban J connectivity index is 2.19. The van der Waals surface area contributed by atoms with E-state index in [1.54, 1.807) is 0 Å². The molecule has 0 radical (unpaired) electrons. The average molecular weight is 261 g/mol. The molecular weight excluding hydrogens is 242 g/mol. The van der Waals surface area contributed by atoms with Crippen LogP contribution in [0.3, 0.4) is 0 Å². The number of hydrogen-bond acceptors (Lipinski definition) is 3. The molecule has 3 rings (SSSR count). The summed E-state index contributed by atoms with van der Waals surface area (Å²) in [5.74, 6) is 1.10. The lowest BCUT2D eigenvalue weighted by molar-refractivity contribution is -0.119. The SMILES string of the molecule is Cc1cc2c(c3c1NC(=O)C3(C)C)OCC2CCO. The highest BCUT2D eigenvalue weighted by molar-refractivity contribution is 6.07. The first-order valence-electron chi connectivity index (χ1n) is 6.70. The minimum Gasteiger partial charge on any atom is -0.492 e. The Bertz CT molecular complexity index is 563. The molecular formula is C15H19NO3. The van der Waals surface area contributed by atoms with Crippen LogP contribution >= 0.6 is 0 Å². The molecule has 0 bridgehead atoms. The molecule has 102 valence electrons. The van der Waals surface area contributed by atoms with Crippen LogP contribution < -0.4 is 10.1 Å². The van der Waals surface area contributed by atoms with Crippen LogP contribution in [-0.4, -0.2) is 24.2 Å². The number of ether oxygens (including phenoxy) is 1. The summed E-state index contributed by atoms with van der Waals surface area (Å²) in [6.07, 6.45) is 0.701. The zero-order valence-electron chi connectivity index (χ0n) is 11.5. The van der Waals surface area contributed by atoms with Crippen molar-refractivity contribution in [2.75, 3.05) is 18.5 Å². The molecule has 1 unspecified atom stereocenters. The van der Waals surface area contributed by atoms with Gasteiger partial charge in [0.2, 0.25) is 5.91 Å². The van der Waals surface area contributed by atoms with Crippen molar-refractivity contribution < 1.29 is 14.6 Å². The summed E-state index contributed by atoms with van der Waals surface area (Å²) in [6, 6.07) is 2.09. The molecule has 0 saturated carbocycles. The third kappa shape index (κ3) is 1.59. The van der Waals surface area contributed by atoms with Gasteiger partial charge in [0.1, 0.15) is 5.75 Å². The lowest BCUT2D eigenvalue weighted by Crippen LogP contribution is -2.27. The molecule has 2 heterocycles. The fourth-order valence-corrected chi connectivity index (χ4v) is 3.09. The molecule has 0 fully saturated rings. The number of carbonyl (C=O) groups is 1. The second-order valence-corrected chi connectivity index (χ2v) is 5.96. The van der Waals surface area contributed by atoms with E-state index in [-0.39, 0.29) is 18.4 Å². The van der Waals surface area contributed by atoms with Crippen molar-refractivity contribution in [3.8, 4) is 5.75 Å². The van der Waals surface area contributed by atoms with Gasteiger partial charge in [-0.15, -0.1) is 0 Å². The summed E-state index contributed by atoms with van der Waals surface area (Å²) >= 11 is 0. The van der Waals surface area contributed by atoms with E-state index in [9.17, 15) is 4.79 Å². The number of carbonyl (C=O) groups excluding carboxylic acids is 1. The maximum Gasteiger partial charge on any atom is 0.234 e. The molecule has 1 aromatic rings. The summed E-state index contributed by atoms with van der Waals surface area (Å²) in [7, 11) is 0. The van der Waals surface area contributed by atoms with E-state index in [2.05, 4.69) is 11.4 Å². The maximum atomic E-state index is 12.1. The molecule has 0 aromatic heterocycles. The second kappa shape index (κ2) is 3.97. The molecule has 1 amide bonds. The van der Waals surface area contributed by atoms with Gasteiger partial charge in [0.25, 0.3) is 0 Å². The van der Waals surface area contributed by atoms with Gasteiger partial charge in [0, 0.05) is 23.7 Å². The van der Waals surface area contributed by atoms with E-state index in [0.717, 1.165) is 28.1 Å². The van der Waals surface area contributed by atoms with E-state index in [1.807, 2.05) is 20.8 Å². The van der Waals surface area contributed by atoms with Crippen LogP contribution in [0.4, 0.5) is 5.69 Å². The van der Waals surface area contributed by atoms with Crippen LogP contribution in [0.2, 0.25) is 0 Å².